The zero-order valence-electron chi connectivity index (χ0n) is 14.6. The summed E-state index contributed by atoms with van der Waals surface area (Å²) in [6.07, 6.45) is 1.84. The van der Waals surface area contributed by atoms with Crippen LogP contribution in [0.1, 0.15) is 18.1 Å². The fraction of sp³-hybridized carbons (Fsp3) is 0.444. The number of ether oxygens (including phenoxy) is 2. The third-order valence-electron chi connectivity index (χ3n) is 4.39. The summed E-state index contributed by atoms with van der Waals surface area (Å²) >= 11 is 5.20. The molecule has 0 spiro atoms. The lowest BCUT2D eigenvalue weighted by molar-refractivity contribution is -0.122. The van der Waals surface area contributed by atoms with E-state index < -0.39 is 0 Å². The molecule has 1 amide bonds. The predicted octanol–water partition coefficient (Wildman–Crippen LogP) is 1.60. The Hall–Kier alpha value is -1.96. The molecule has 134 valence electrons. The molecule has 0 saturated carbocycles. The molecule has 2 heterocycles. The lowest BCUT2D eigenvalue weighted by atomic mass is 10.1. The molecule has 1 N–H and O–H groups in total. The lowest BCUT2D eigenvalue weighted by Gasteiger charge is -2.27. The molecule has 6 nitrogen and oxygen atoms in total. The summed E-state index contributed by atoms with van der Waals surface area (Å²) in [6, 6.07) is 5.95. The van der Waals surface area contributed by atoms with Crippen molar-refractivity contribution in [3.05, 3.63) is 35.0 Å². The van der Waals surface area contributed by atoms with Gasteiger partial charge in [-0.1, -0.05) is 6.07 Å². The van der Waals surface area contributed by atoms with Crippen molar-refractivity contribution in [2.75, 3.05) is 40.0 Å². The summed E-state index contributed by atoms with van der Waals surface area (Å²) in [5, 5.41) is 3.45. The van der Waals surface area contributed by atoms with Crippen molar-refractivity contribution in [2.24, 2.45) is 0 Å². The zero-order valence-corrected chi connectivity index (χ0v) is 15.4. The van der Waals surface area contributed by atoms with Gasteiger partial charge in [-0.05, 0) is 42.9 Å². The van der Waals surface area contributed by atoms with E-state index in [0.717, 1.165) is 49.7 Å². The number of benzene rings is 1. The van der Waals surface area contributed by atoms with Crippen LogP contribution in [0, 0.1) is 0 Å². The molecule has 0 bridgehead atoms. The number of carbonyl (C=O) groups excluding carboxylic acids is 1. The molecule has 1 aromatic rings. The number of methoxy groups -OCH3 is 1. The Bertz CT molecular complexity index is 699. The van der Waals surface area contributed by atoms with Crippen LogP contribution in [0.5, 0.6) is 5.75 Å². The van der Waals surface area contributed by atoms with Crippen molar-refractivity contribution in [1.82, 2.24) is 15.1 Å². The maximum atomic E-state index is 12.3. The van der Waals surface area contributed by atoms with E-state index in [1.54, 1.807) is 12.0 Å². The van der Waals surface area contributed by atoms with Gasteiger partial charge in [0.1, 0.15) is 11.4 Å². The molecule has 2 fully saturated rings. The Labute approximate surface area is 153 Å². The number of nitrogens with one attached hydrogen (secondary N) is 1. The Morgan fingerprint density at radius 2 is 2.12 bits per heavy atom. The monoisotopic (exact) mass is 361 g/mol. The predicted molar refractivity (Wildman–Crippen MR) is 100 cm³/mol. The average molecular weight is 361 g/mol. The molecule has 2 aliphatic rings. The first-order chi connectivity index (χ1) is 12.1. The van der Waals surface area contributed by atoms with Crippen LogP contribution < -0.4 is 10.1 Å². The van der Waals surface area contributed by atoms with Gasteiger partial charge < -0.3 is 14.8 Å². The maximum absolute atomic E-state index is 12.3. The van der Waals surface area contributed by atoms with Crippen LogP contribution in [0.15, 0.2) is 23.9 Å². The highest BCUT2D eigenvalue weighted by atomic mass is 32.1. The van der Waals surface area contributed by atoms with Crippen LogP contribution in [0.4, 0.5) is 0 Å². The number of morpholine rings is 1. The van der Waals surface area contributed by atoms with Gasteiger partial charge in [-0.2, -0.15) is 0 Å². The molecule has 0 atom stereocenters. The zero-order chi connectivity index (χ0) is 17.8. The fourth-order valence-corrected chi connectivity index (χ4v) is 3.36. The Morgan fingerprint density at radius 3 is 2.76 bits per heavy atom. The highest BCUT2D eigenvalue weighted by Crippen LogP contribution is 2.24. The van der Waals surface area contributed by atoms with Crippen LogP contribution in [-0.2, 0) is 16.1 Å². The summed E-state index contributed by atoms with van der Waals surface area (Å²) in [4.78, 5) is 16.2. The van der Waals surface area contributed by atoms with Crippen molar-refractivity contribution in [1.29, 1.82) is 0 Å². The van der Waals surface area contributed by atoms with Gasteiger partial charge in [0.25, 0.3) is 5.91 Å². The molecule has 1 aromatic carbocycles. The first-order valence-electron chi connectivity index (χ1n) is 8.44. The molecule has 0 aromatic heterocycles. The third-order valence-corrected chi connectivity index (χ3v) is 4.71. The molecule has 3 rings (SSSR count). The van der Waals surface area contributed by atoms with Gasteiger partial charge in [-0.3, -0.25) is 14.6 Å². The number of rotatable bonds is 5. The van der Waals surface area contributed by atoms with E-state index in [0.29, 0.717) is 17.4 Å². The van der Waals surface area contributed by atoms with Crippen molar-refractivity contribution in [3.8, 4) is 5.75 Å². The van der Waals surface area contributed by atoms with E-state index in [4.69, 9.17) is 21.7 Å². The highest BCUT2D eigenvalue weighted by Gasteiger charge is 2.29. The summed E-state index contributed by atoms with van der Waals surface area (Å²) in [5.41, 5.74) is 2.55. The molecule has 2 saturated heterocycles. The van der Waals surface area contributed by atoms with E-state index in [9.17, 15) is 4.79 Å². The van der Waals surface area contributed by atoms with E-state index in [1.807, 2.05) is 25.1 Å². The quantitative estimate of drug-likeness (QED) is 0.635. The number of thiocarbonyl (C=S) groups is 1. The summed E-state index contributed by atoms with van der Waals surface area (Å²) in [5.74, 6) is 0.767. The highest BCUT2D eigenvalue weighted by molar-refractivity contribution is 7.80. The summed E-state index contributed by atoms with van der Waals surface area (Å²) in [6.45, 7) is 6.60. The van der Waals surface area contributed by atoms with Crippen molar-refractivity contribution in [2.45, 2.75) is 13.5 Å². The summed E-state index contributed by atoms with van der Waals surface area (Å²) in [7, 11) is 1.68. The second kappa shape index (κ2) is 7.95. The Morgan fingerprint density at radius 1 is 1.36 bits per heavy atom. The average Bonchev–Trinajstić information content (AvgIpc) is 2.89. The van der Waals surface area contributed by atoms with Gasteiger partial charge in [0.05, 0.1) is 20.3 Å². The molecule has 0 unspecified atom stereocenters. The van der Waals surface area contributed by atoms with Gasteiger partial charge in [-0.25, -0.2) is 0 Å². The fourth-order valence-electron chi connectivity index (χ4n) is 3.04. The summed E-state index contributed by atoms with van der Waals surface area (Å²) < 4.78 is 10.9. The van der Waals surface area contributed by atoms with Crippen LogP contribution in [0.3, 0.4) is 0 Å². The number of carbonyl (C=O) groups is 1. The minimum Gasteiger partial charge on any atom is -0.496 e. The van der Waals surface area contributed by atoms with E-state index in [2.05, 4.69) is 16.3 Å². The third kappa shape index (κ3) is 4.00. The molecule has 2 aliphatic heterocycles. The molecule has 25 heavy (non-hydrogen) atoms. The van der Waals surface area contributed by atoms with Gasteiger partial charge in [0.15, 0.2) is 5.11 Å². The van der Waals surface area contributed by atoms with Gasteiger partial charge >= 0.3 is 0 Å². The molecular formula is C18H23N3O3S. The van der Waals surface area contributed by atoms with E-state index >= 15 is 0 Å². The molecule has 0 radical (unpaired) electrons. The minimum absolute atomic E-state index is 0.0851. The normalized spacial score (nSPS) is 20.2. The molecule has 7 heteroatoms. The second-order valence-electron chi connectivity index (χ2n) is 6.00. The SMILES string of the molecule is CCN1C(=O)/C(=C\c2ccc(OC)c(CN3CCOCC3)c2)NC1=S. The van der Waals surface area contributed by atoms with E-state index in [-0.39, 0.29) is 5.91 Å². The van der Waals surface area contributed by atoms with Gasteiger partial charge in [0.2, 0.25) is 0 Å². The van der Waals surface area contributed by atoms with E-state index in [1.165, 1.54) is 0 Å². The van der Waals surface area contributed by atoms with Crippen molar-refractivity contribution < 1.29 is 14.3 Å². The number of hydrogen-bond acceptors (Lipinski definition) is 5. The number of amides is 1. The van der Waals surface area contributed by atoms with Gasteiger partial charge in [-0.15, -0.1) is 0 Å². The number of hydrogen-bond donors (Lipinski definition) is 1. The van der Waals surface area contributed by atoms with Crippen LogP contribution in [-0.4, -0.2) is 60.8 Å². The van der Waals surface area contributed by atoms with Crippen LogP contribution in [0.25, 0.3) is 6.08 Å². The van der Waals surface area contributed by atoms with Crippen molar-refractivity contribution in [3.63, 3.8) is 0 Å². The van der Waals surface area contributed by atoms with Crippen molar-refractivity contribution >= 4 is 29.3 Å². The standard InChI is InChI=1S/C18H23N3O3S/c1-3-21-17(22)15(19-18(21)25)11-13-4-5-16(23-2)14(10-13)12-20-6-8-24-9-7-20/h4-5,10-11H,3,6-9,12H2,1-2H3,(H,19,25)/b15-11+. The van der Waals surface area contributed by atoms with Gasteiger partial charge in [0, 0.05) is 31.7 Å². The van der Waals surface area contributed by atoms with Crippen LogP contribution >= 0.6 is 12.2 Å². The Balaban J connectivity index is 1.82. The maximum Gasteiger partial charge on any atom is 0.276 e. The number of nitrogens with zero attached hydrogens (tertiary/aromatic N) is 2. The van der Waals surface area contributed by atoms with Crippen LogP contribution in [0.2, 0.25) is 0 Å². The smallest absolute Gasteiger partial charge is 0.276 e. The second-order valence-corrected chi connectivity index (χ2v) is 6.38. The lowest BCUT2D eigenvalue weighted by Crippen LogP contribution is -2.35. The Kier molecular flexibility index (Phi) is 5.67. The molecular weight excluding hydrogens is 338 g/mol. The first kappa shape index (κ1) is 17.8. The largest absolute Gasteiger partial charge is 0.496 e. The number of likely N-dealkylation sites (N-methyl/N-ethyl adjacent to an activating group) is 1. The minimum atomic E-state index is -0.0851. The topological polar surface area (TPSA) is 54.0 Å². The first-order valence-corrected chi connectivity index (χ1v) is 8.84. The molecule has 0 aliphatic carbocycles.